The Bertz CT molecular complexity index is 379. The van der Waals surface area contributed by atoms with Crippen molar-refractivity contribution in [3.8, 4) is 0 Å². The summed E-state index contributed by atoms with van der Waals surface area (Å²) in [6.07, 6.45) is -2.03. The van der Waals surface area contributed by atoms with E-state index in [1.54, 1.807) is 6.07 Å². The second-order valence-corrected chi connectivity index (χ2v) is 4.68. The first kappa shape index (κ1) is 14.3. The van der Waals surface area contributed by atoms with Crippen molar-refractivity contribution in [1.82, 2.24) is 4.98 Å². The van der Waals surface area contributed by atoms with Crippen molar-refractivity contribution in [2.45, 2.75) is 26.4 Å². The lowest BCUT2D eigenvalue weighted by Gasteiger charge is -2.24. The molecule has 1 heterocycles. The van der Waals surface area contributed by atoms with Gasteiger partial charge in [-0.05, 0) is 40.9 Å². The highest BCUT2D eigenvalue weighted by molar-refractivity contribution is 9.10. The Kier molecular flexibility index (Phi) is 4.80. The van der Waals surface area contributed by atoms with Crippen molar-refractivity contribution in [2.24, 2.45) is 0 Å². The van der Waals surface area contributed by atoms with Crippen LogP contribution < -0.4 is 4.90 Å². The third kappa shape index (κ3) is 4.53. The third-order valence-electron chi connectivity index (χ3n) is 2.22. The molecule has 0 radical (unpaired) electrons. The minimum atomic E-state index is -4.21. The van der Waals surface area contributed by atoms with E-state index in [-0.39, 0.29) is 0 Å². The van der Waals surface area contributed by atoms with Crippen molar-refractivity contribution >= 4 is 21.7 Å². The van der Waals surface area contributed by atoms with Crippen LogP contribution in [0, 0.1) is 6.92 Å². The first-order valence-corrected chi connectivity index (χ1v) is 6.06. The highest BCUT2D eigenvalue weighted by Gasteiger charge is 2.31. The summed E-state index contributed by atoms with van der Waals surface area (Å²) in [5.41, 5.74) is 0.873. The number of alkyl halides is 3. The zero-order valence-corrected chi connectivity index (χ0v) is 11.3. The van der Waals surface area contributed by atoms with E-state index in [0.29, 0.717) is 18.8 Å². The molecule has 0 unspecified atom stereocenters. The van der Waals surface area contributed by atoms with E-state index in [2.05, 4.69) is 20.9 Å². The number of hydrogen-bond acceptors (Lipinski definition) is 2. The fraction of sp³-hybridized carbons (Fsp3) is 0.545. The fourth-order valence-electron chi connectivity index (χ4n) is 1.46. The number of nitrogens with zero attached hydrogens (tertiary/aromatic N) is 2. The molecule has 17 heavy (non-hydrogen) atoms. The number of hydrogen-bond donors (Lipinski definition) is 0. The van der Waals surface area contributed by atoms with Crippen LogP contribution in [0.25, 0.3) is 0 Å². The molecule has 0 amide bonds. The maximum absolute atomic E-state index is 12.4. The molecule has 6 heteroatoms. The largest absolute Gasteiger partial charge is 0.405 e. The molecule has 1 rings (SSSR count). The normalized spacial score (nSPS) is 11.6. The van der Waals surface area contributed by atoms with Gasteiger partial charge in [0.25, 0.3) is 0 Å². The Hall–Kier alpha value is -0.780. The van der Waals surface area contributed by atoms with Gasteiger partial charge in [0, 0.05) is 17.2 Å². The third-order valence-corrected chi connectivity index (χ3v) is 3.05. The number of aromatic nitrogens is 1. The summed E-state index contributed by atoms with van der Waals surface area (Å²) in [6.45, 7) is 3.05. The van der Waals surface area contributed by atoms with Gasteiger partial charge in [0.1, 0.15) is 12.4 Å². The Morgan fingerprint density at radius 1 is 1.41 bits per heavy atom. The maximum atomic E-state index is 12.4. The van der Waals surface area contributed by atoms with Crippen LogP contribution in [0.1, 0.15) is 18.9 Å². The Labute approximate surface area is 107 Å². The first-order valence-electron chi connectivity index (χ1n) is 5.27. The molecule has 2 nitrogen and oxygen atoms in total. The SMILES string of the molecule is CCCN(CC(F)(F)F)c1cc(C)c(Br)cn1. The summed E-state index contributed by atoms with van der Waals surface area (Å²) >= 11 is 3.28. The smallest absolute Gasteiger partial charge is 0.348 e. The number of rotatable bonds is 4. The van der Waals surface area contributed by atoms with Gasteiger partial charge in [-0.15, -0.1) is 0 Å². The molecular formula is C11H14BrF3N2. The van der Waals surface area contributed by atoms with Gasteiger partial charge in [-0.1, -0.05) is 6.92 Å². The van der Waals surface area contributed by atoms with Crippen molar-refractivity contribution < 1.29 is 13.2 Å². The molecule has 0 bridgehead atoms. The molecule has 0 aliphatic rings. The molecule has 0 N–H and O–H groups in total. The molecule has 0 spiro atoms. The minimum absolute atomic E-state index is 0.341. The van der Waals surface area contributed by atoms with Gasteiger partial charge in [-0.2, -0.15) is 13.2 Å². The predicted octanol–water partition coefficient (Wildman–Crippen LogP) is 3.93. The summed E-state index contributed by atoms with van der Waals surface area (Å²) in [7, 11) is 0. The van der Waals surface area contributed by atoms with Crippen LogP contribution in [0.5, 0.6) is 0 Å². The van der Waals surface area contributed by atoms with E-state index in [9.17, 15) is 13.2 Å². The maximum Gasteiger partial charge on any atom is 0.405 e. The summed E-state index contributed by atoms with van der Waals surface area (Å²) in [4.78, 5) is 5.27. The van der Waals surface area contributed by atoms with Gasteiger partial charge in [0.15, 0.2) is 0 Å². The summed E-state index contributed by atoms with van der Waals surface area (Å²) in [5.74, 6) is 0.366. The minimum Gasteiger partial charge on any atom is -0.348 e. The molecule has 1 aromatic heterocycles. The van der Waals surface area contributed by atoms with E-state index >= 15 is 0 Å². The molecule has 0 aliphatic heterocycles. The molecular weight excluding hydrogens is 297 g/mol. The number of aryl methyl sites for hydroxylation is 1. The van der Waals surface area contributed by atoms with Crippen LogP contribution in [0.4, 0.5) is 19.0 Å². The van der Waals surface area contributed by atoms with Crippen LogP contribution in [-0.2, 0) is 0 Å². The van der Waals surface area contributed by atoms with Gasteiger partial charge < -0.3 is 4.90 Å². The lowest BCUT2D eigenvalue weighted by Crippen LogP contribution is -2.35. The highest BCUT2D eigenvalue weighted by Crippen LogP contribution is 2.24. The predicted molar refractivity (Wildman–Crippen MR) is 65.2 cm³/mol. The van der Waals surface area contributed by atoms with E-state index in [4.69, 9.17) is 0 Å². The van der Waals surface area contributed by atoms with Crippen molar-refractivity contribution in [1.29, 1.82) is 0 Å². The highest BCUT2D eigenvalue weighted by atomic mass is 79.9. The zero-order chi connectivity index (χ0) is 13.1. The topological polar surface area (TPSA) is 16.1 Å². The van der Waals surface area contributed by atoms with Crippen LogP contribution in [0.3, 0.4) is 0 Å². The lowest BCUT2D eigenvalue weighted by atomic mass is 10.3. The number of anilines is 1. The van der Waals surface area contributed by atoms with Crippen molar-refractivity contribution in [3.63, 3.8) is 0 Å². The molecule has 0 atom stereocenters. The van der Waals surface area contributed by atoms with Gasteiger partial charge in [-0.3, -0.25) is 0 Å². The van der Waals surface area contributed by atoms with Crippen LogP contribution >= 0.6 is 15.9 Å². The van der Waals surface area contributed by atoms with Gasteiger partial charge >= 0.3 is 6.18 Å². The summed E-state index contributed by atoms with van der Waals surface area (Å²) in [6, 6.07) is 1.66. The van der Waals surface area contributed by atoms with E-state index in [1.807, 2.05) is 13.8 Å². The van der Waals surface area contributed by atoms with Gasteiger partial charge in [-0.25, -0.2) is 4.98 Å². The molecule has 0 fully saturated rings. The van der Waals surface area contributed by atoms with Gasteiger partial charge in [0.05, 0.1) is 0 Å². The average Bonchev–Trinajstić information content (AvgIpc) is 2.19. The number of halogens is 4. The monoisotopic (exact) mass is 310 g/mol. The quantitative estimate of drug-likeness (QED) is 0.837. The summed E-state index contributed by atoms with van der Waals surface area (Å²) in [5, 5.41) is 0. The van der Waals surface area contributed by atoms with E-state index in [1.165, 1.54) is 11.1 Å². The van der Waals surface area contributed by atoms with Gasteiger partial charge in [0.2, 0.25) is 0 Å². The number of pyridine rings is 1. The van der Waals surface area contributed by atoms with E-state index < -0.39 is 12.7 Å². The molecule has 0 aliphatic carbocycles. The molecule has 1 aromatic rings. The molecule has 0 saturated heterocycles. The fourth-order valence-corrected chi connectivity index (χ4v) is 1.68. The summed E-state index contributed by atoms with van der Waals surface area (Å²) < 4.78 is 38.0. The van der Waals surface area contributed by atoms with Crippen LogP contribution in [0.2, 0.25) is 0 Å². The second-order valence-electron chi connectivity index (χ2n) is 3.83. The van der Waals surface area contributed by atoms with Crippen LogP contribution in [0.15, 0.2) is 16.7 Å². The zero-order valence-electron chi connectivity index (χ0n) is 9.68. The first-order chi connectivity index (χ1) is 7.83. The second kappa shape index (κ2) is 5.71. The van der Waals surface area contributed by atoms with Crippen molar-refractivity contribution in [2.75, 3.05) is 18.0 Å². The Balaban J connectivity index is 2.93. The Morgan fingerprint density at radius 2 is 2.06 bits per heavy atom. The lowest BCUT2D eigenvalue weighted by molar-refractivity contribution is -0.119. The van der Waals surface area contributed by atoms with Crippen molar-refractivity contribution in [3.05, 3.63) is 22.3 Å². The average molecular weight is 311 g/mol. The van der Waals surface area contributed by atoms with E-state index in [0.717, 1.165) is 10.0 Å². The Morgan fingerprint density at radius 3 is 2.53 bits per heavy atom. The molecule has 0 aromatic carbocycles. The molecule has 96 valence electrons. The molecule has 0 saturated carbocycles. The van der Waals surface area contributed by atoms with Crippen LogP contribution in [-0.4, -0.2) is 24.2 Å². The standard InChI is InChI=1S/C11H14BrF3N2/c1-3-4-17(7-11(13,14)15)10-5-8(2)9(12)6-16-10/h5-6H,3-4,7H2,1-2H3.